The quantitative estimate of drug-likeness (QED) is 0.389. The van der Waals surface area contributed by atoms with Gasteiger partial charge in [0.05, 0.1) is 13.2 Å². The predicted octanol–water partition coefficient (Wildman–Crippen LogP) is 1.96. The minimum Gasteiger partial charge on any atom is -0.373 e. The molecule has 0 bridgehead atoms. The first-order chi connectivity index (χ1) is 6.43. The largest absolute Gasteiger partial charge is 0.373 e. The van der Waals surface area contributed by atoms with E-state index in [-0.39, 0.29) is 0 Å². The zero-order valence-electron chi connectivity index (χ0n) is 7.35. The highest BCUT2D eigenvalue weighted by molar-refractivity contribution is 5.64. The topological polar surface area (TPSA) is 26.3 Å². The second kappa shape index (κ2) is 6.14. The molecule has 0 saturated carbocycles. The van der Waals surface area contributed by atoms with Crippen LogP contribution in [-0.2, 0) is 16.1 Å². The molecule has 0 N–H and O–H groups in total. The third kappa shape index (κ3) is 4.23. The van der Waals surface area contributed by atoms with E-state index in [1.165, 1.54) is 6.08 Å². The predicted molar refractivity (Wildman–Crippen MR) is 51.3 cm³/mol. The van der Waals surface area contributed by atoms with Crippen LogP contribution in [0.2, 0.25) is 0 Å². The molecule has 0 amide bonds. The molecule has 0 aliphatic heterocycles. The summed E-state index contributed by atoms with van der Waals surface area (Å²) in [6.07, 6.45) is 3.87. The highest BCUT2D eigenvalue weighted by Gasteiger charge is 1.88. The van der Waals surface area contributed by atoms with Crippen molar-refractivity contribution >= 4 is 6.29 Å². The fraction of sp³-hybridized carbons (Fsp3) is 0.182. The lowest BCUT2D eigenvalue weighted by Gasteiger charge is -1.99. The van der Waals surface area contributed by atoms with Crippen molar-refractivity contribution in [2.45, 2.75) is 6.61 Å². The Morgan fingerprint density at radius 2 is 2.00 bits per heavy atom. The van der Waals surface area contributed by atoms with E-state index in [1.54, 1.807) is 6.08 Å². The normalized spacial score (nSPS) is 10.5. The van der Waals surface area contributed by atoms with Crippen LogP contribution in [0.5, 0.6) is 0 Å². The van der Waals surface area contributed by atoms with E-state index in [0.29, 0.717) is 13.2 Å². The summed E-state index contributed by atoms with van der Waals surface area (Å²) >= 11 is 0. The Kier molecular flexibility index (Phi) is 4.57. The molecule has 68 valence electrons. The van der Waals surface area contributed by atoms with E-state index in [1.807, 2.05) is 30.3 Å². The van der Waals surface area contributed by atoms with Crippen molar-refractivity contribution in [2.75, 3.05) is 6.61 Å². The Balaban J connectivity index is 2.20. The lowest BCUT2D eigenvalue weighted by molar-refractivity contribution is -0.104. The van der Waals surface area contributed by atoms with Gasteiger partial charge in [0.1, 0.15) is 6.29 Å². The van der Waals surface area contributed by atoms with Crippen LogP contribution in [0.4, 0.5) is 0 Å². The van der Waals surface area contributed by atoms with Crippen LogP contribution in [0.25, 0.3) is 0 Å². The second-order valence-corrected chi connectivity index (χ2v) is 2.56. The maximum absolute atomic E-state index is 9.90. The first kappa shape index (κ1) is 9.68. The van der Waals surface area contributed by atoms with E-state index >= 15 is 0 Å². The molecular weight excluding hydrogens is 164 g/mol. The SMILES string of the molecule is O=C/C=C/COCc1ccccc1. The summed E-state index contributed by atoms with van der Waals surface area (Å²) in [4.78, 5) is 9.90. The van der Waals surface area contributed by atoms with E-state index in [2.05, 4.69) is 0 Å². The molecule has 0 aliphatic carbocycles. The number of hydrogen-bond donors (Lipinski definition) is 0. The van der Waals surface area contributed by atoms with Crippen LogP contribution in [0, 0.1) is 0 Å². The average molecular weight is 176 g/mol. The molecule has 1 rings (SSSR count). The van der Waals surface area contributed by atoms with Crippen molar-refractivity contribution in [2.24, 2.45) is 0 Å². The lowest BCUT2D eigenvalue weighted by atomic mass is 10.2. The van der Waals surface area contributed by atoms with Crippen LogP contribution in [0.3, 0.4) is 0 Å². The van der Waals surface area contributed by atoms with Gasteiger partial charge >= 0.3 is 0 Å². The Morgan fingerprint density at radius 3 is 2.69 bits per heavy atom. The molecule has 0 radical (unpaired) electrons. The van der Waals surface area contributed by atoms with Crippen LogP contribution in [0.1, 0.15) is 5.56 Å². The molecule has 0 fully saturated rings. The number of benzene rings is 1. The molecule has 0 saturated heterocycles. The monoisotopic (exact) mass is 176 g/mol. The number of carbonyl (C=O) groups is 1. The van der Waals surface area contributed by atoms with Crippen molar-refractivity contribution in [3.05, 3.63) is 48.0 Å². The molecular formula is C11H12O2. The van der Waals surface area contributed by atoms with Crippen LogP contribution < -0.4 is 0 Å². The average Bonchev–Trinajstić information content (AvgIpc) is 2.19. The number of rotatable bonds is 5. The second-order valence-electron chi connectivity index (χ2n) is 2.56. The Morgan fingerprint density at radius 1 is 1.23 bits per heavy atom. The maximum atomic E-state index is 9.90. The highest BCUT2D eigenvalue weighted by Crippen LogP contribution is 1.99. The molecule has 0 atom stereocenters. The first-order valence-electron chi connectivity index (χ1n) is 4.15. The van der Waals surface area contributed by atoms with Crippen LogP contribution >= 0.6 is 0 Å². The first-order valence-corrected chi connectivity index (χ1v) is 4.15. The van der Waals surface area contributed by atoms with Crippen LogP contribution in [0.15, 0.2) is 42.5 Å². The molecule has 2 heteroatoms. The van der Waals surface area contributed by atoms with Gasteiger partial charge in [0.2, 0.25) is 0 Å². The lowest BCUT2D eigenvalue weighted by Crippen LogP contribution is -1.91. The summed E-state index contributed by atoms with van der Waals surface area (Å²) in [6, 6.07) is 9.92. The van der Waals surface area contributed by atoms with Crippen molar-refractivity contribution in [3.63, 3.8) is 0 Å². The molecule has 13 heavy (non-hydrogen) atoms. The van der Waals surface area contributed by atoms with Crippen LogP contribution in [-0.4, -0.2) is 12.9 Å². The third-order valence-corrected chi connectivity index (χ3v) is 1.54. The maximum Gasteiger partial charge on any atom is 0.142 e. The van der Waals surface area contributed by atoms with Crippen molar-refractivity contribution in [1.29, 1.82) is 0 Å². The van der Waals surface area contributed by atoms with Crippen molar-refractivity contribution in [1.82, 2.24) is 0 Å². The van der Waals surface area contributed by atoms with Gasteiger partial charge in [-0.2, -0.15) is 0 Å². The van der Waals surface area contributed by atoms with Gasteiger partial charge in [-0.3, -0.25) is 4.79 Å². The molecule has 0 aromatic heterocycles. The molecule has 0 unspecified atom stereocenters. The number of aldehydes is 1. The highest BCUT2D eigenvalue weighted by atomic mass is 16.5. The molecule has 2 nitrogen and oxygen atoms in total. The van der Waals surface area contributed by atoms with Gasteiger partial charge in [0, 0.05) is 0 Å². The Hall–Kier alpha value is -1.41. The van der Waals surface area contributed by atoms with E-state index in [4.69, 9.17) is 4.74 Å². The molecule has 0 spiro atoms. The smallest absolute Gasteiger partial charge is 0.142 e. The number of allylic oxidation sites excluding steroid dienone is 1. The van der Waals surface area contributed by atoms with Gasteiger partial charge in [-0.15, -0.1) is 0 Å². The summed E-state index contributed by atoms with van der Waals surface area (Å²) in [7, 11) is 0. The zero-order valence-corrected chi connectivity index (χ0v) is 7.35. The van der Waals surface area contributed by atoms with E-state index in [9.17, 15) is 4.79 Å². The third-order valence-electron chi connectivity index (χ3n) is 1.54. The molecule has 0 aliphatic rings. The van der Waals surface area contributed by atoms with Gasteiger partial charge in [-0.25, -0.2) is 0 Å². The Labute approximate surface area is 77.8 Å². The molecule has 1 aromatic carbocycles. The fourth-order valence-corrected chi connectivity index (χ4v) is 0.930. The number of ether oxygens (including phenoxy) is 1. The summed E-state index contributed by atoms with van der Waals surface area (Å²) in [5, 5.41) is 0. The van der Waals surface area contributed by atoms with E-state index < -0.39 is 0 Å². The summed E-state index contributed by atoms with van der Waals surface area (Å²) < 4.78 is 5.28. The van der Waals surface area contributed by atoms with Gasteiger partial charge in [-0.05, 0) is 11.6 Å². The minimum atomic E-state index is 0.480. The fourth-order valence-electron chi connectivity index (χ4n) is 0.930. The van der Waals surface area contributed by atoms with E-state index in [0.717, 1.165) is 11.8 Å². The molecule has 0 heterocycles. The van der Waals surface area contributed by atoms with Crippen molar-refractivity contribution < 1.29 is 9.53 Å². The molecule has 1 aromatic rings. The number of hydrogen-bond acceptors (Lipinski definition) is 2. The summed E-state index contributed by atoms with van der Waals surface area (Å²) in [5.74, 6) is 0. The standard InChI is InChI=1S/C11H12O2/c12-8-4-5-9-13-10-11-6-2-1-3-7-11/h1-8H,9-10H2/b5-4+. The minimum absolute atomic E-state index is 0.480. The van der Waals surface area contributed by atoms with Gasteiger partial charge < -0.3 is 4.74 Å². The van der Waals surface area contributed by atoms with Gasteiger partial charge in [0.25, 0.3) is 0 Å². The summed E-state index contributed by atoms with van der Waals surface area (Å²) in [5.41, 5.74) is 1.14. The Bertz CT molecular complexity index is 265. The summed E-state index contributed by atoms with van der Waals surface area (Å²) in [6.45, 7) is 1.07. The van der Waals surface area contributed by atoms with Crippen molar-refractivity contribution in [3.8, 4) is 0 Å². The van der Waals surface area contributed by atoms with Gasteiger partial charge in [-0.1, -0.05) is 36.4 Å². The van der Waals surface area contributed by atoms with Gasteiger partial charge in [0.15, 0.2) is 0 Å². The number of carbonyl (C=O) groups excluding carboxylic acids is 1. The zero-order chi connectivity index (χ0) is 9.36.